The Kier molecular flexibility index (Phi) is 2.87. The van der Waals surface area contributed by atoms with Crippen LogP contribution >= 0.6 is 16.1 Å². The Morgan fingerprint density at radius 3 is 2.47 bits per heavy atom. The number of rotatable bonds is 2. The number of carbonyl (C=O) groups is 1. The van der Waals surface area contributed by atoms with Crippen molar-refractivity contribution < 1.29 is 4.79 Å². The summed E-state index contributed by atoms with van der Waals surface area (Å²) in [4.78, 5) is 12.3. The van der Waals surface area contributed by atoms with Crippen molar-refractivity contribution in [3.05, 3.63) is 23.9 Å². The van der Waals surface area contributed by atoms with Gasteiger partial charge in [0.15, 0.2) is 5.78 Å². The van der Waals surface area contributed by atoms with Crippen LogP contribution in [0.1, 0.15) is 38.5 Å². The molecule has 0 aromatic carbocycles. The van der Waals surface area contributed by atoms with Crippen molar-refractivity contribution in [3.63, 3.8) is 0 Å². The van der Waals surface area contributed by atoms with E-state index in [1.165, 1.54) is 44.2 Å². The number of hydrogen-bond acceptors (Lipinski definition) is 2. The van der Waals surface area contributed by atoms with E-state index in [9.17, 15) is 4.79 Å². The minimum atomic E-state index is 0.258. The van der Waals surface area contributed by atoms with Crippen LogP contribution in [-0.4, -0.2) is 15.8 Å². The number of carbonyl (C=O) groups excluding carboxylic acids is 1. The number of nitrogens with zero attached hydrogens (tertiary/aromatic N) is 1. The predicted molar refractivity (Wildman–Crippen MR) is 78.4 cm³/mol. The zero-order valence-electron chi connectivity index (χ0n) is 11.1. The standard InChI is InChI=1S/C16H20BrNO/c17-18(12-4-2-1-3-5-12)13-9-14(19)16-11-7-6-10(8-11)15(13)16/h6-7,9-12,15-16H,1-5,8H2. The third-order valence-corrected chi connectivity index (χ3v) is 6.55. The van der Waals surface area contributed by atoms with E-state index in [4.69, 9.17) is 0 Å². The van der Waals surface area contributed by atoms with Gasteiger partial charge in [-0.05, 0) is 31.1 Å². The van der Waals surface area contributed by atoms with Gasteiger partial charge in [-0.2, -0.15) is 0 Å². The van der Waals surface area contributed by atoms with Crippen molar-refractivity contribution in [2.75, 3.05) is 0 Å². The maximum absolute atomic E-state index is 12.3. The summed E-state index contributed by atoms with van der Waals surface area (Å²) in [5.41, 5.74) is 1.28. The molecule has 2 fully saturated rings. The van der Waals surface area contributed by atoms with Gasteiger partial charge in [0.2, 0.25) is 0 Å². The second-order valence-corrected chi connectivity index (χ2v) is 7.34. The van der Waals surface area contributed by atoms with Crippen molar-refractivity contribution >= 4 is 21.9 Å². The first kappa shape index (κ1) is 12.2. The van der Waals surface area contributed by atoms with Gasteiger partial charge >= 0.3 is 0 Å². The molecule has 4 aliphatic rings. The minimum absolute atomic E-state index is 0.258. The summed E-state index contributed by atoms with van der Waals surface area (Å²) in [6.07, 6.45) is 14.3. The lowest BCUT2D eigenvalue weighted by atomic mass is 9.83. The topological polar surface area (TPSA) is 20.3 Å². The van der Waals surface area contributed by atoms with Gasteiger partial charge < -0.3 is 3.93 Å². The fourth-order valence-corrected chi connectivity index (χ4v) is 5.42. The van der Waals surface area contributed by atoms with Crippen LogP contribution in [0.15, 0.2) is 23.9 Å². The Morgan fingerprint density at radius 2 is 1.74 bits per heavy atom. The molecule has 2 nitrogen and oxygen atoms in total. The third-order valence-electron chi connectivity index (χ3n) is 5.56. The van der Waals surface area contributed by atoms with Crippen molar-refractivity contribution in [1.29, 1.82) is 0 Å². The summed E-state index contributed by atoms with van der Waals surface area (Å²) in [6.45, 7) is 0. The fourth-order valence-electron chi connectivity index (χ4n) is 4.67. The number of allylic oxidation sites excluding steroid dienone is 4. The molecule has 0 radical (unpaired) electrons. The maximum atomic E-state index is 12.3. The van der Waals surface area contributed by atoms with E-state index in [1.807, 2.05) is 6.08 Å². The number of halogens is 1. The first-order valence-electron chi connectivity index (χ1n) is 7.64. The van der Waals surface area contributed by atoms with Crippen molar-refractivity contribution in [1.82, 2.24) is 3.93 Å². The molecule has 0 saturated heterocycles. The van der Waals surface area contributed by atoms with Gasteiger partial charge in [0.1, 0.15) is 0 Å². The summed E-state index contributed by atoms with van der Waals surface area (Å²) in [5, 5.41) is 0. The lowest BCUT2D eigenvalue weighted by molar-refractivity contribution is -0.118. The highest BCUT2D eigenvalue weighted by atomic mass is 79.9. The molecule has 0 aromatic rings. The van der Waals surface area contributed by atoms with Crippen LogP contribution in [0.2, 0.25) is 0 Å². The number of fused-ring (bicyclic) bond motifs is 5. The first-order chi connectivity index (χ1) is 9.25. The average molecular weight is 322 g/mol. The van der Waals surface area contributed by atoms with Crippen LogP contribution in [0, 0.1) is 23.7 Å². The smallest absolute Gasteiger partial charge is 0.161 e. The predicted octanol–water partition coefficient (Wildman–Crippen LogP) is 3.84. The summed E-state index contributed by atoms with van der Waals surface area (Å²) >= 11 is 3.79. The summed E-state index contributed by atoms with van der Waals surface area (Å²) < 4.78 is 2.28. The third kappa shape index (κ3) is 1.77. The van der Waals surface area contributed by atoms with Crippen molar-refractivity contribution in [2.24, 2.45) is 23.7 Å². The van der Waals surface area contributed by atoms with E-state index in [-0.39, 0.29) is 5.92 Å². The molecule has 0 heterocycles. The molecule has 0 spiro atoms. The van der Waals surface area contributed by atoms with E-state index >= 15 is 0 Å². The van der Waals surface area contributed by atoms with Crippen LogP contribution < -0.4 is 0 Å². The van der Waals surface area contributed by atoms with Crippen LogP contribution in [-0.2, 0) is 4.79 Å². The van der Waals surface area contributed by atoms with E-state index in [0.717, 1.165) is 0 Å². The highest BCUT2D eigenvalue weighted by Gasteiger charge is 2.53. The van der Waals surface area contributed by atoms with Crippen LogP contribution in [0.25, 0.3) is 0 Å². The van der Waals surface area contributed by atoms with Gasteiger partial charge in [-0.1, -0.05) is 31.4 Å². The molecule has 4 aliphatic carbocycles. The zero-order chi connectivity index (χ0) is 13.0. The lowest BCUT2D eigenvalue weighted by Gasteiger charge is -2.35. The van der Waals surface area contributed by atoms with Gasteiger partial charge in [0.25, 0.3) is 0 Å². The number of ketones is 1. The molecule has 0 N–H and O–H groups in total. The van der Waals surface area contributed by atoms with Crippen LogP contribution in [0.5, 0.6) is 0 Å². The van der Waals surface area contributed by atoms with Crippen molar-refractivity contribution in [3.8, 4) is 0 Å². The van der Waals surface area contributed by atoms with E-state index in [0.29, 0.717) is 29.6 Å². The Hall–Kier alpha value is -0.570. The summed E-state index contributed by atoms with van der Waals surface area (Å²) in [7, 11) is 0. The highest BCUT2D eigenvalue weighted by Crippen LogP contribution is 2.55. The molecule has 102 valence electrons. The van der Waals surface area contributed by atoms with Gasteiger partial charge in [0.05, 0.1) is 0 Å². The molecule has 4 unspecified atom stereocenters. The molecule has 2 bridgehead atoms. The van der Waals surface area contributed by atoms with Gasteiger partial charge in [-0.3, -0.25) is 4.79 Å². The second kappa shape index (κ2) is 4.47. The first-order valence-corrected chi connectivity index (χ1v) is 8.35. The van der Waals surface area contributed by atoms with Crippen LogP contribution in [0.3, 0.4) is 0 Å². The maximum Gasteiger partial charge on any atom is 0.161 e. The molecule has 4 rings (SSSR count). The van der Waals surface area contributed by atoms with E-state index in [1.54, 1.807) is 0 Å². The zero-order valence-corrected chi connectivity index (χ0v) is 12.7. The molecule has 0 amide bonds. The molecule has 3 heteroatoms. The van der Waals surface area contributed by atoms with E-state index < -0.39 is 0 Å². The number of hydrogen-bond donors (Lipinski definition) is 0. The quantitative estimate of drug-likeness (QED) is 0.569. The molecule has 0 aromatic heterocycles. The van der Waals surface area contributed by atoms with Gasteiger partial charge in [0, 0.05) is 45.8 Å². The largest absolute Gasteiger partial charge is 0.309 e. The monoisotopic (exact) mass is 321 g/mol. The Morgan fingerprint density at radius 1 is 1.05 bits per heavy atom. The van der Waals surface area contributed by atoms with E-state index in [2.05, 4.69) is 32.2 Å². The highest BCUT2D eigenvalue weighted by molar-refractivity contribution is 9.07. The molecular formula is C16H20BrNO. The summed E-state index contributed by atoms with van der Waals surface area (Å²) in [6, 6.07) is 0.592. The molecule has 2 saturated carbocycles. The fraction of sp³-hybridized carbons (Fsp3) is 0.688. The Labute approximate surface area is 123 Å². The lowest BCUT2D eigenvalue weighted by Crippen LogP contribution is -2.32. The molecule has 4 atom stereocenters. The summed E-state index contributed by atoms with van der Waals surface area (Å²) in [5.74, 6) is 2.22. The minimum Gasteiger partial charge on any atom is -0.309 e. The van der Waals surface area contributed by atoms with Crippen LogP contribution in [0.4, 0.5) is 0 Å². The SMILES string of the molecule is O=C1C=C(N(Br)C2CCCCC2)C2C3C=CC(C3)C12. The molecule has 0 aliphatic heterocycles. The average Bonchev–Trinajstić information content (AvgIpc) is 3.12. The van der Waals surface area contributed by atoms with Gasteiger partial charge in [-0.15, -0.1) is 0 Å². The molecular weight excluding hydrogens is 302 g/mol. The second-order valence-electron chi connectivity index (χ2n) is 6.57. The normalized spacial score (nSPS) is 40.7. The Balaban J connectivity index is 1.59. The molecule has 19 heavy (non-hydrogen) atoms. The van der Waals surface area contributed by atoms with Gasteiger partial charge in [-0.25, -0.2) is 0 Å². The Bertz CT molecular complexity index is 463. The van der Waals surface area contributed by atoms with Crippen molar-refractivity contribution in [2.45, 2.75) is 44.6 Å².